The van der Waals surface area contributed by atoms with Crippen LogP contribution in [0, 0.1) is 0 Å². The van der Waals surface area contributed by atoms with E-state index in [2.05, 4.69) is 0 Å². The summed E-state index contributed by atoms with van der Waals surface area (Å²) in [6, 6.07) is 4.56. The van der Waals surface area contributed by atoms with Crippen LogP contribution >= 0.6 is 23.2 Å². The van der Waals surface area contributed by atoms with Crippen LogP contribution in [-0.2, 0) is 0 Å². The van der Waals surface area contributed by atoms with Gasteiger partial charge in [0, 0.05) is 23.5 Å². The van der Waals surface area contributed by atoms with Crippen LogP contribution in [0.5, 0.6) is 0 Å². The summed E-state index contributed by atoms with van der Waals surface area (Å²) >= 11 is 11.9. The van der Waals surface area contributed by atoms with Gasteiger partial charge in [0.05, 0.1) is 5.02 Å². The molecule has 0 atom stereocenters. The van der Waals surface area contributed by atoms with Crippen LogP contribution in [0.2, 0.25) is 10.0 Å². The minimum atomic E-state index is -0.696. The highest BCUT2D eigenvalue weighted by atomic mass is 35.5. The first-order valence-electron chi connectivity index (χ1n) is 6.20. The predicted molar refractivity (Wildman–Crippen MR) is 79.8 cm³/mol. The van der Waals surface area contributed by atoms with Gasteiger partial charge in [-0.25, -0.2) is 4.79 Å². The molecule has 1 aromatic heterocycles. The van der Waals surface area contributed by atoms with Crippen LogP contribution in [0.3, 0.4) is 0 Å². The van der Waals surface area contributed by atoms with Crippen LogP contribution in [0.1, 0.15) is 24.2 Å². The van der Waals surface area contributed by atoms with Crippen LogP contribution in [0.25, 0.3) is 11.0 Å². The number of benzene rings is 1. The number of halogens is 2. The molecule has 20 heavy (non-hydrogen) atoms. The van der Waals surface area contributed by atoms with Crippen molar-refractivity contribution in [3.05, 3.63) is 44.2 Å². The summed E-state index contributed by atoms with van der Waals surface area (Å²) in [4.78, 5) is 25.7. The third-order valence-corrected chi connectivity index (χ3v) is 3.53. The third-order valence-electron chi connectivity index (χ3n) is 3.03. The summed E-state index contributed by atoms with van der Waals surface area (Å²) < 4.78 is 5.15. The first-order valence-corrected chi connectivity index (χ1v) is 6.95. The number of rotatable bonds is 3. The van der Waals surface area contributed by atoms with Crippen molar-refractivity contribution < 1.29 is 9.21 Å². The maximum atomic E-state index is 12.2. The van der Waals surface area contributed by atoms with E-state index in [1.165, 1.54) is 12.1 Å². The van der Waals surface area contributed by atoms with Crippen LogP contribution < -0.4 is 5.63 Å². The molecule has 2 aromatic rings. The van der Waals surface area contributed by atoms with Gasteiger partial charge in [0.15, 0.2) is 5.58 Å². The van der Waals surface area contributed by atoms with Crippen molar-refractivity contribution in [2.45, 2.75) is 13.8 Å². The van der Waals surface area contributed by atoms with E-state index in [-0.39, 0.29) is 22.1 Å². The Morgan fingerprint density at radius 3 is 2.45 bits per heavy atom. The van der Waals surface area contributed by atoms with E-state index >= 15 is 0 Å². The first-order chi connectivity index (χ1) is 9.47. The summed E-state index contributed by atoms with van der Waals surface area (Å²) in [7, 11) is 0. The Kier molecular flexibility index (Phi) is 4.35. The number of hydrogen-bond donors (Lipinski definition) is 0. The molecule has 0 aliphatic heterocycles. The van der Waals surface area contributed by atoms with Crippen molar-refractivity contribution in [2.75, 3.05) is 13.1 Å². The second-order valence-electron chi connectivity index (χ2n) is 4.23. The average molecular weight is 314 g/mol. The Balaban J connectivity index is 2.64. The molecule has 6 heteroatoms. The molecule has 0 aliphatic rings. The fourth-order valence-corrected chi connectivity index (χ4v) is 2.54. The predicted octanol–water partition coefficient (Wildman–Crippen LogP) is 3.58. The van der Waals surface area contributed by atoms with Crippen LogP contribution in [0.4, 0.5) is 0 Å². The van der Waals surface area contributed by atoms with Gasteiger partial charge < -0.3 is 9.32 Å². The zero-order valence-corrected chi connectivity index (χ0v) is 12.6. The van der Waals surface area contributed by atoms with Crippen molar-refractivity contribution in [2.24, 2.45) is 0 Å². The van der Waals surface area contributed by atoms with E-state index < -0.39 is 5.63 Å². The van der Waals surface area contributed by atoms with Crippen LogP contribution in [0.15, 0.2) is 27.4 Å². The number of amides is 1. The van der Waals surface area contributed by atoms with E-state index in [0.717, 1.165) is 0 Å². The lowest BCUT2D eigenvalue weighted by atomic mass is 10.1. The molecular formula is C14H13Cl2NO3. The Morgan fingerprint density at radius 1 is 1.20 bits per heavy atom. The van der Waals surface area contributed by atoms with Crippen molar-refractivity contribution in [3.63, 3.8) is 0 Å². The lowest BCUT2D eigenvalue weighted by Gasteiger charge is -2.17. The maximum Gasteiger partial charge on any atom is 0.349 e. The number of carbonyl (C=O) groups is 1. The molecule has 0 unspecified atom stereocenters. The Labute approximate surface area is 125 Å². The average Bonchev–Trinajstić information content (AvgIpc) is 2.40. The van der Waals surface area contributed by atoms with Gasteiger partial charge in [0.25, 0.3) is 5.91 Å². The highest BCUT2D eigenvalue weighted by molar-refractivity contribution is 6.38. The number of hydrogen-bond acceptors (Lipinski definition) is 3. The molecule has 0 bridgehead atoms. The summed E-state index contributed by atoms with van der Waals surface area (Å²) in [5.74, 6) is -0.359. The van der Waals surface area contributed by atoms with Gasteiger partial charge in [-0.1, -0.05) is 23.2 Å². The molecule has 106 valence electrons. The molecule has 4 nitrogen and oxygen atoms in total. The van der Waals surface area contributed by atoms with E-state index in [4.69, 9.17) is 27.6 Å². The van der Waals surface area contributed by atoms with Gasteiger partial charge >= 0.3 is 5.63 Å². The molecule has 0 fully saturated rings. The Morgan fingerprint density at radius 2 is 1.85 bits per heavy atom. The summed E-state index contributed by atoms with van der Waals surface area (Å²) in [5.41, 5.74) is -0.477. The Bertz CT molecular complexity index is 720. The minimum Gasteiger partial charge on any atom is -0.421 e. The number of carbonyl (C=O) groups excluding carboxylic acids is 1. The van der Waals surface area contributed by atoms with Gasteiger partial charge in [-0.15, -0.1) is 0 Å². The molecule has 1 heterocycles. The zero-order valence-electron chi connectivity index (χ0n) is 11.1. The molecule has 1 amide bonds. The molecule has 0 radical (unpaired) electrons. The van der Waals surface area contributed by atoms with Gasteiger partial charge in [0.1, 0.15) is 5.56 Å². The van der Waals surface area contributed by atoms with Crippen LogP contribution in [-0.4, -0.2) is 23.9 Å². The van der Waals surface area contributed by atoms with Gasteiger partial charge in [0.2, 0.25) is 0 Å². The second-order valence-corrected chi connectivity index (χ2v) is 5.07. The molecule has 0 saturated heterocycles. The molecular weight excluding hydrogens is 301 g/mol. The molecule has 0 spiro atoms. The van der Waals surface area contributed by atoms with E-state index in [9.17, 15) is 9.59 Å². The quantitative estimate of drug-likeness (QED) is 0.814. The fourth-order valence-electron chi connectivity index (χ4n) is 1.99. The second kappa shape index (κ2) is 5.85. The molecule has 2 rings (SSSR count). The molecule has 0 saturated carbocycles. The van der Waals surface area contributed by atoms with E-state index in [1.54, 1.807) is 11.0 Å². The van der Waals surface area contributed by atoms with E-state index in [0.29, 0.717) is 23.5 Å². The van der Waals surface area contributed by atoms with Gasteiger partial charge in [-0.05, 0) is 32.0 Å². The van der Waals surface area contributed by atoms with Crippen molar-refractivity contribution in [1.82, 2.24) is 4.90 Å². The lowest BCUT2D eigenvalue weighted by Crippen LogP contribution is -2.33. The Hall–Kier alpha value is -1.52. The first kappa shape index (κ1) is 14.9. The SMILES string of the molecule is CCN(CC)C(=O)c1cc2cc(Cl)cc(Cl)c2oc1=O. The minimum absolute atomic E-state index is 0.0143. The monoisotopic (exact) mass is 313 g/mol. The van der Waals surface area contributed by atoms with Crippen molar-refractivity contribution >= 4 is 40.1 Å². The molecule has 0 N–H and O–H groups in total. The number of fused-ring (bicyclic) bond motifs is 1. The summed E-state index contributed by atoms with van der Waals surface area (Å²) in [6.45, 7) is 4.72. The van der Waals surface area contributed by atoms with Crippen molar-refractivity contribution in [1.29, 1.82) is 0 Å². The fraction of sp³-hybridized carbons (Fsp3) is 0.286. The third kappa shape index (κ3) is 2.67. The maximum absolute atomic E-state index is 12.2. The smallest absolute Gasteiger partial charge is 0.349 e. The topological polar surface area (TPSA) is 50.5 Å². The molecule has 1 aromatic carbocycles. The number of nitrogens with zero attached hydrogens (tertiary/aromatic N) is 1. The zero-order chi connectivity index (χ0) is 14.9. The van der Waals surface area contributed by atoms with Crippen molar-refractivity contribution in [3.8, 4) is 0 Å². The summed E-state index contributed by atoms with van der Waals surface area (Å²) in [5, 5.41) is 1.18. The highest BCUT2D eigenvalue weighted by Gasteiger charge is 2.19. The summed E-state index contributed by atoms with van der Waals surface area (Å²) in [6.07, 6.45) is 0. The standard InChI is InChI=1S/C14H13Cl2NO3/c1-3-17(4-2)13(18)10-6-8-5-9(15)7-11(16)12(8)20-14(10)19/h5-7H,3-4H2,1-2H3. The van der Waals surface area contributed by atoms with Gasteiger partial charge in [-0.3, -0.25) is 4.79 Å². The lowest BCUT2D eigenvalue weighted by molar-refractivity contribution is 0.0769. The molecule has 0 aliphatic carbocycles. The van der Waals surface area contributed by atoms with E-state index in [1.807, 2.05) is 13.8 Å². The normalized spacial score (nSPS) is 10.8. The largest absolute Gasteiger partial charge is 0.421 e. The van der Waals surface area contributed by atoms with Gasteiger partial charge in [-0.2, -0.15) is 0 Å². The highest BCUT2D eigenvalue weighted by Crippen LogP contribution is 2.27.